The molecule has 2 aromatic rings. The maximum atomic E-state index is 12.7. The number of rotatable bonds is 3. The zero-order chi connectivity index (χ0) is 17.3. The first-order valence-corrected chi connectivity index (χ1v) is 9.63. The van der Waals surface area contributed by atoms with Crippen LogP contribution in [-0.4, -0.2) is 37.5 Å². The van der Waals surface area contributed by atoms with E-state index < -0.39 is 16.1 Å². The Morgan fingerprint density at radius 2 is 2.25 bits per heavy atom. The quantitative estimate of drug-likeness (QED) is 0.874. The molecule has 128 valence electrons. The van der Waals surface area contributed by atoms with Crippen LogP contribution in [0.3, 0.4) is 0 Å². The second kappa shape index (κ2) is 6.67. The van der Waals surface area contributed by atoms with Gasteiger partial charge in [-0.25, -0.2) is 18.2 Å². The van der Waals surface area contributed by atoms with Gasteiger partial charge in [0.15, 0.2) is 5.13 Å². The number of aromatic nitrogens is 1. The number of halogens is 1. The lowest BCUT2D eigenvalue weighted by Crippen LogP contribution is -2.35. The lowest BCUT2D eigenvalue weighted by Gasteiger charge is -2.25. The molecule has 7 nitrogen and oxygen atoms in total. The molecule has 0 unspecified atom stereocenters. The summed E-state index contributed by atoms with van der Waals surface area (Å²) in [7, 11) is -2.36. The van der Waals surface area contributed by atoms with Crippen LogP contribution in [0.25, 0.3) is 0 Å². The van der Waals surface area contributed by atoms with Crippen molar-refractivity contribution in [3.63, 3.8) is 0 Å². The van der Waals surface area contributed by atoms with Gasteiger partial charge >= 0.3 is 6.09 Å². The maximum Gasteiger partial charge on any atom is 0.413 e. The fourth-order valence-corrected chi connectivity index (χ4v) is 5.15. The number of hydrogen-bond donors (Lipinski definition) is 1. The summed E-state index contributed by atoms with van der Waals surface area (Å²) >= 11 is 7.14. The molecule has 1 aromatic heterocycles. The van der Waals surface area contributed by atoms with E-state index in [2.05, 4.69) is 15.0 Å². The highest BCUT2D eigenvalue weighted by atomic mass is 35.5. The molecule has 3 rings (SSSR count). The summed E-state index contributed by atoms with van der Waals surface area (Å²) in [5.74, 6) is 0. The molecule has 0 fully saturated rings. The van der Waals surface area contributed by atoms with Crippen LogP contribution in [0.2, 0.25) is 5.02 Å². The summed E-state index contributed by atoms with van der Waals surface area (Å²) in [5, 5.41) is 3.27. The third-order valence-electron chi connectivity index (χ3n) is 3.52. The van der Waals surface area contributed by atoms with Crippen LogP contribution in [-0.2, 0) is 27.7 Å². The lowest BCUT2D eigenvalue weighted by atomic mass is 10.2. The number of fused-ring (bicyclic) bond motifs is 1. The van der Waals surface area contributed by atoms with Gasteiger partial charge in [0.2, 0.25) is 10.0 Å². The van der Waals surface area contributed by atoms with Gasteiger partial charge in [0.05, 0.1) is 24.2 Å². The van der Waals surface area contributed by atoms with Crippen molar-refractivity contribution in [1.82, 2.24) is 9.29 Å². The Labute approximate surface area is 148 Å². The molecular formula is C14H14ClN3O4S2. The average Bonchev–Trinajstić information content (AvgIpc) is 2.95. The molecule has 1 aromatic carbocycles. The fraction of sp³-hybridized carbons (Fsp3) is 0.286. The Hall–Kier alpha value is -1.68. The largest absolute Gasteiger partial charge is 0.453 e. The minimum atomic E-state index is -3.63. The second-order valence-electron chi connectivity index (χ2n) is 5.05. The Balaban J connectivity index is 1.83. The molecule has 0 saturated heterocycles. The Kier molecular flexibility index (Phi) is 4.77. The molecule has 1 amide bonds. The highest BCUT2D eigenvalue weighted by Gasteiger charge is 2.30. The number of thiazole rings is 1. The molecule has 1 aliphatic rings. The van der Waals surface area contributed by atoms with Crippen molar-refractivity contribution >= 4 is 44.2 Å². The minimum absolute atomic E-state index is 0.163. The van der Waals surface area contributed by atoms with Crippen molar-refractivity contribution in [2.45, 2.75) is 17.9 Å². The van der Waals surface area contributed by atoms with Gasteiger partial charge in [0, 0.05) is 22.9 Å². The Morgan fingerprint density at radius 1 is 1.46 bits per heavy atom. The number of benzene rings is 1. The highest BCUT2D eigenvalue weighted by Crippen LogP contribution is 2.31. The summed E-state index contributed by atoms with van der Waals surface area (Å²) in [6.45, 7) is 0.536. The SMILES string of the molecule is COC(=O)Nc1nc2c(s1)CN(S(=O)(=O)c1cccc(Cl)c1)CC2. The molecule has 0 saturated carbocycles. The van der Waals surface area contributed by atoms with Crippen molar-refractivity contribution < 1.29 is 17.9 Å². The summed E-state index contributed by atoms with van der Waals surface area (Å²) < 4.78 is 31.4. The first kappa shape index (κ1) is 17.2. The molecule has 24 heavy (non-hydrogen) atoms. The van der Waals surface area contributed by atoms with Gasteiger partial charge in [0.1, 0.15) is 0 Å². The van der Waals surface area contributed by atoms with Crippen LogP contribution in [0.15, 0.2) is 29.2 Å². The third-order valence-corrected chi connectivity index (χ3v) is 6.60. The molecular weight excluding hydrogens is 374 g/mol. The number of nitrogens with zero attached hydrogens (tertiary/aromatic N) is 2. The number of methoxy groups -OCH3 is 1. The summed E-state index contributed by atoms with van der Waals surface area (Å²) in [6, 6.07) is 6.19. The van der Waals surface area contributed by atoms with Crippen LogP contribution in [0.5, 0.6) is 0 Å². The van der Waals surface area contributed by atoms with Crippen molar-refractivity contribution in [1.29, 1.82) is 0 Å². The van der Waals surface area contributed by atoms with Gasteiger partial charge in [-0.05, 0) is 18.2 Å². The third kappa shape index (κ3) is 3.39. The molecule has 0 bridgehead atoms. The van der Waals surface area contributed by atoms with E-state index in [0.29, 0.717) is 23.1 Å². The average molecular weight is 388 g/mol. The number of ether oxygens (including phenoxy) is 1. The van der Waals surface area contributed by atoms with Crippen molar-refractivity contribution in [2.75, 3.05) is 19.0 Å². The molecule has 2 heterocycles. The van der Waals surface area contributed by atoms with E-state index in [-0.39, 0.29) is 11.4 Å². The maximum absolute atomic E-state index is 12.7. The molecule has 0 spiro atoms. The van der Waals surface area contributed by atoms with E-state index in [4.69, 9.17) is 11.6 Å². The van der Waals surface area contributed by atoms with Crippen molar-refractivity contribution in [2.24, 2.45) is 0 Å². The van der Waals surface area contributed by atoms with Crippen LogP contribution in [0.4, 0.5) is 9.93 Å². The number of nitrogens with one attached hydrogen (secondary N) is 1. The normalized spacial score (nSPS) is 14.9. The van der Waals surface area contributed by atoms with Crippen LogP contribution >= 0.6 is 22.9 Å². The summed E-state index contributed by atoms with van der Waals surface area (Å²) in [5.41, 5.74) is 0.795. The number of anilines is 1. The summed E-state index contributed by atoms with van der Waals surface area (Å²) in [6.07, 6.45) is -0.126. The zero-order valence-electron chi connectivity index (χ0n) is 12.7. The molecule has 0 radical (unpaired) electrons. The van der Waals surface area contributed by atoms with Crippen LogP contribution < -0.4 is 5.32 Å². The van der Waals surface area contributed by atoms with E-state index >= 15 is 0 Å². The first-order chi connectivity index (χ1) is 11.4. The molecule has 1 aliphatic heterocycles. The van der Waals surface area contributed by atoms with Crippen molar-refractivity contribution in [3.05, 3.63) is 39.9 Å². The van der Waals surface area contributed by atoms with Crippen LogP contribution in [0.1, 0.15) is 10.6 Å². The number of carbonyl (C=O) groups is 1. The van der Waals surface area contributed by atoms with Gasteiger partial charge in [-0.2, -0.15) is 4.31 Å². The second-order valence-corrected chi connectivity index (χ2v) is 8.51. The number of amides is 1. The highest BCUT2D eigenvalue weighted by molar-refractivity contribution is 7.89. The zero-order valence-corrected chi connectivity index (χ0v) is 15.0. The number of sulfonamides is 1. The molecule has 0 atom stereocenters. The predicted molar refractivity (Wildman–Crippen MR) is 90.9 cm³/mol. The van der Waals surface area contributed by atoms with Crippen LogP contribution in [0, 0.1) is 0 Å². The number of carbonyl (C=O) groups excluding carboxylic acids is 1. The monoisotopic (exact) mass is 387 g/mol. The van der Waals surface area contributed by atoms with Gasteiger partial charge in [-0.15, -0.1) is 0 Å². The molecule has 0 aliphatic carbocycles. The fourth-order valence-electron chi connectivity index (χ4n) is 2.35. The molecule has 10 heteroatoms. The predicted octanol–water partition coefficient (Wildman–Crippen LogP) is 2.72. The van der Waals surface area contributed by atoms with Gasteiger partial charge in [-0.3, -0.25) is 5.32 Å². The van der Waals surface area contributed by atoms with E-state index in [1.54, 1.807) is 12.1 Å². The topological polar surface area (TPSA) is 88.6 Å². The van der Waals surface area contributed by atoms with Gasteiger partial charge in [-0.1, -0.05) is 29.0 Å². The van der Waals surface area contributed by atoms with Gasteiger partial charge < -0.3 is 4.74 Å². The smallest absolute Gasteiger partial charge is 0.413 e. The standard InChI is InChI=1S/C14H14ClN3O4S2/c1-22-14(19)17-13-16-11-5-6-18(8-12(11)23-13)24(20,21)10-4-2-3-9(15)7-10/h2-4,7H,5-6,8H2,1H3,(H,16,17,19). The van der Waals surface area contributed by atoms with E-state index in [0.717, 1.165) is 10.6 Å². The first-order valence-electron chi connectivity index (χ1n) is 6.99. The van der Waals surface area contributed by atoms with E-state index in [1.165, 1.54) is 34.9 Å². The molecule has 1 N–H and O–H groups in total. The van der Waals surface area contributed by atoms with Crippen molar-refractivity contribution in [3.8, 4) is 0 Å². The van der Waals surface area contributed by atoms with E-state index in [9.17, 15) is 13.2 Å². The Morgan fingerprint density at radius 3 is 2.96 bits per heavy atom. The van der Waals surface area contributed by atoms with E-state index in [1.807, 2.05) is 0 Å². The Bertz CT molecular complexity index is 882. The van der Waals surface area contributed by atoms with Gasteiger partial charge in [0.25, 0.3) is 0 Å². The lowest BCUT2D eigenvalue weighted by molar-refractivity contribution is 0.187. The minimum Gasteiger partial charge on any atom is -0.453 e. The summed E-state index contributed by atoms with van der Waals surface area (Å²) in [4.78, 5) is 16.5. The number of hydrogen-bond acceptors (Lipinski definition) is 6.